The van der Waals surface area contributed by atoms with E-state index in [-0.39, 0.29) is 0 Å². The minimum Gasteiger partial charge on any atom is -0.0651 e. The molecule has 0 heteroatoms. The van der Waals surface area contributed by atoms with Crippen LogP contribution in [0.4, 0.5) is 0 Å². The summed E-state index contributed by atoms with van der Waals surface area (Å²) in [6.45, 7) is 12.6. The lowest BCUT2D eigenvalue weighted by Crippen LogP contribution is -2.45. The van der Waals surface area contributed by atoms with Gasteiger partial charge in [0.1, 0.15) is 0 Å². The quantitative estimate of drug-likeness (QED) is 0.596. The molecule has 2 aliphatic rings. The van der Waals surface area contributed by atoms with Crippen molar-refractivity contribution in [1.82, 2.24) is 0 Å². The van der Waals surface area contributed by atoms with Gasteiger partial charge in [-0.15, -0.1) is 0 Å². The minimum absolute atomic E-state index is 0.638. The fourth-order valence-electron chi connectivity index (χ4n) is 5.05. The SMILES string of the molecule is CC[C@H](C)C1CC[C@@]2(C)C(C)CCCC12C. The maximum Gasteiger partial charge on any atom is -0.0239 e. The van der Waals surface area contributed by atoms with E-state index in [9.17, 15) is 0 Å². The molecule has 0 heterocycles. The van der Waals surface area contributed by atoms with Crippen LogP contribution in [0.3, 0.4) is 0 Å². The Morgan fingerprint density at radius 3 is 2.44 bits per heavy atom. The number of hydrogen-bond acceptors (Lipinski definition) is 0. The third-order valence-electron chi connectivity index (χ3n) is 6.85. The molecule has 2 rings (SSSR count). The normalized spacial score (nSPS) is 50.1. The van der Waals surface area contributed by atoms with Gasteiger partial charge in [-0.05, 0) is 47.8 Å². The van der Waals surface area contributed by atoms with Crippen molar-refractivity contribution < 1.29 is 0 Å². The van der Waals surface area contributed by atoms with Crippen LogP contribution in [0.25, 0.3) is 0 Å². The van der Waals surface area contributed by atoms with Gasteiger partial charge in [0.15, 0.2) is 0 Å². The molecular formula is C16H30. The van der Waals surface area contributed by atoms with Crippen molar-refractivity contribution in [1.29, 1.82) is 0 Å². The maximum absolute atomic E-state index is 2.62. The lowest BCUT2D eigenvalue weighted by Gasteiger charge is -2.53. The van der Waals surface area contributed by atoms with Crippen LogP contribution in [0.5, 0.6) is 0 Å². The molecule has 0 amide bonds. The molecule has 16 heavy (non-hydrogen) atoms. The Bertz CT molecular complexity index is 257. The predicted octanol–water partition coefficient (Wildman–Crippen LogP) is 5.28. The molecule has 3 unspecified atom stereocenters. The zero-order chi connectivity index (χ0) is 12.0. The first kappa shape index (κ1) is 12.5. The van der Waals surface area contributed by atoms with E-state index in [0.29, 0.717) is 10.8 Å². The Balaban J connectivity index is 2.29. The van der Waals surface area contributed by atoms with Gasteiger partial charge in [-0.2, -0.15) is 0 Å². The van der Waals surface area contributed by atoms with Crippen molar-refractivity contribution in [3.05, 3.63) is 0 Å². The van der Waals surface area contributed by atoms with Gasteiger partial charge in [-0.3, -0.25) is 0 Å². The summed E-state index contributed by atoms with van der Waals surface area (Å²) in [5.74, 6) is 2.86. The highest BCUT2D eigenvalue weighted by Crippen LogP contribution is 2.66. The lowest BCUT2D eigenvalue weighted by molar-refractivity contribution is -0.0411. The van der Waals surface area contributed by atoms with Crippen molar-refractivity contribution >= 4 is 0 Å². The standard InChI is InChI=1S/C16H30/c1-6-12(2)14-9-11-15(4)13(3)8-7-10-16(14,15)5/h12-14H,6-11H2,1-5H3/t12-,13?,14?,15-,16?/m0/s1. The highest BCUT2D eigenvalue weighted by Gasteiger charge is 2.58. The van der Waals surface area contributed by atoms with Crippen LogP contribution in [-0.4, -0.2) is 0 Å². The first-order valence-electron chi connectivity index (χ1n) is 7.45. The minimum atomic E-state index is 0.638. The molecule has 0 aromatic heterocycles. The van der Waals surface area contributed by atoms with E-state index in [1.54, 1.807) is 0 Å². The number of hydrogen-bond donors (Lipinski definition) is 0. The largest absolute Gasteiger partial charge is 0.0651 e. The second-order valence-electron chi connectivity index (χ2n) is 7.16. The zero-order valence-electron chi connectivity index (χ0n) is 12.0. The molecule has 2 aliphatic carbocycles. The van der Waals surface area contributed by atoms with Gasteiger partial charge in [0.2, 0.25) is 0 Å². The molecule has 0 radical (unpaired) electrons. The third kappa shape index (κ3) is 1.48. The van der Waals surface area contributed by atoms with Crippen molar-refractivity contribution in [3.63, 3.8) is 0 Å². The Kier molecular flexibility index (Phi) is 3.14. The molecule has 0 aromatic carbocycles. The van der Waals surface area contributed by atoms with E-state index in [1.165, 1.54) is 38.5 Å². The van der Waals surface area contributed by atoms with E-state index < -0.39 is 0 Å². The smallest absolute Gasteiger partial charge is 0.0239 e. The first-order chi connectivity index (χ1) is 7.45. The van der Waals surface area contributed by atoms with Gasteiger partial charge in [-0.25, -0.2) is 0 Å². The molecule has 2 fully saturated rings. The molecule has 2 saturated carbocycles. The van der Waals surface area contributed by atoms with Gasteiger partial charge in [-0.1, -0.05) is 53.9 Å². The second kappa shape index (κ2) is 4.03. The van der Waals surface area contributed by atoms with E-state index in [0.717, 1.165) is 17.8 Å². The summed E-state index contributed by atoms with van der Waals surface area (Å²) in [5, 5.41) is 0. The molecule has 94 valence electrons. The molecule has 0 saturated heterocycles. The van der Waals surface area contributed by atoms with Gasteiger partial charge in [0.05, 0.1) is 0 Å². The summed E-state index contributed by atoms with van der Waals surface area (Å²) < 4.78 is 0. The van der Waals surface area contributed by atoms with E-state index in [2.05, 4.69) is 34.6 Å². The highest BCUT2D eigenvalue weighted by atomic mass is 14.6. The van der Waals surface area contributed by atoms with Gasteiger partial charge in [0, 0.05) is 0 Å². The predicted molar refractivity (Wildman–Crippen MR) is 71.4 cm³/mol. The van der Waals surface area contributed by atoms with Crippen LogP contribution in [0, 0.1) is 28.6 Å². The summed E-state index contributed by atoms with van der Waals surface area (Å²) in [7, 11) is 0. The molecular weight excluding hydrogens is 192 g/mol. The van der Waals surface area contributed by atoms with Crippen molar-refractivity contribution in [2.24, 2.45) is 28.6 Å². The van der Waals surface area contributed by atoms with E-state index in [4.69, 9.17) is 0 Å². The highest BCUT2D eigenvalue weighted by molar-refractivity contribution is 5.07. The topological polar surface area (TPSA) is 0 Å². The van der Waals surface area contributed by atoms with Crippen LogP contribution in [0.1, 0.15) is 73.1 Å². The maximum atomic E-state index is 2.62. The Labute approximate surface area is 102 Å². The Morgan fingerprint density at radius 1 is 1.12 bits per heavy atom. The van der Waals surface area contributed by atoms with Gasteiger partial charge in [0.25, 0.3) is 0 Å². The first-order valence-corrected chi connectivity index (χ1v) is 7.45. The van der Waals surface area contributed by atoms with Crippen molar-refractivity contribution in [3.8, 4) is 0 Å². The summed E-state index contributed by atoms with van der Waals surface area (Å²) >= 11 is 0. The molecule has 0 spiro atoms. The van der Waals surface area contributed by atoms with E-state index >= 15 is 0 Å². The van der Waals surface area contributed by atoms with Gasteiger partial charge >= 0.3 is 0 Å². The Morgan fingerprint density at radius 2 is 1.81 bits per heavy atom. The van der Waals surface area contributed by atoms with Crippen LogP contribution in [-0.2, 0) is 0 Å². The fraction of sp³-hybridized carbons (Fsp3) is 1.00. The Hall–Kier alpha value is 0. The van der Waals surface area contributed by atoms with Crippen LogP contribution >= 0.6 is 0 Å². The number of rotatable bonds is 2. The summed E-state index contributed by atoms with van der Waals surface area (Å²) in [6.07, 6.45) is 8.78. The average Bonchev–Trinajstić information content (AvgIpc) is 2.53. The fourth-order valence-corrected chi connectivity index (χ4v) is 5.05. The van der Waals surface area contributed by atoms with Crippen molar-refractivity contribution in [2.45, 2.75) is 73.1 Å². The van der Waals surface area contributed by atoms with E-state index in [1.807, 2.05) is 0 Å². The van der Waals surface area contributed by atoms with Gasteiger partial charge < -0.3 is 0 Å². The molecule has 0 nitrogen and oxygen atoms in total. The monoisotopic (exact) mass is 222 g/mol. The zero-order valence-corrected chi connectivity index (χ0v) is 12.0. The molecule has 5 atom stereocenters. The number of fused-ring (bicyclic) bond motifs is 1. The summed E-state index contributed by atoms with van der Waals surface area (Å²) in [5.41, 5.74) is 1.28. The average molecular weight is 222 g/mol. The van der Waals surface area contributed by atoms with Crippen LogP contribution < -0.4 is 0 Å². The molecule has 0 N–H and O–H groups in total. The van der Waals surface area contributed by atoms with Crippen molar-refractivity contribution in [2.75, 3.05) is 0 Å². The lowest BCUT2D eigenvalue weighted by atomic mass is 9.52. The molecule has 0 bridgehead atoms. The summed E-state index contributed by atoms with van der Waals surface area (Å²) in [6, 6.07) is 0. The molecule has 0 aliphatic heterocycles. The third-order valence-corrected chi connectivity index (χ3v) is 6.85. The molecule has 0 aromatic rings. The van der Waals surface area contributed by atoms with Crippen LogP contribution in [0.15, 0.2) is 0 Å². The second-order valence-corrected chi connectivity index (χ2v) is 7.16. The summed E-state index contributed by atoms with van der Waals surface area (Å²) in [4.78, 5) is 0. The van der Waals surface area contributed by atoms with Crippen LogP contribution in [0.2, 0.25) is 0 Å².